The van der Waals surface area contributed by atoms with Crippen LogP contribution in [0.3, 0.4) is 0 Å². The molecule has 0 amide bonds. The van der Waals surface area contributed by atoms with Crippen LogP contribution in [0.1, 0.15) is 30.9 Å². The van der Waals surface area contributed by atoms with Gasteiger partial charge >= 0.3 is 5.97 Å². The number of carbonyl (C=O) groups is 1. The van der Waals surface area contributed by atoms with Crippen molar-refractivity contribution < 1.29 is 9.53 Å². The lowest BCUT2D eigenvalue weighted by atomic mass is 9.96. The minimum atomic E-state index is -0.203. The topological polar surface area (TPSA) is 26.3 Å². The maximum Gasteiger partial charge on any atom is 0.312 e. The van der Waals surface area contributed by atoms with Crippen LogP contribution in [0.4, 0.5) is 0 Å². The van der Waals surface area contributed by atoms with Gasteiger partial charge in [-0.2, -0.15) is 0 Å². The van der Waals surface area contributed by atoms with E-state index in [2.05, 4.69) is 31.2 Å². The van der Waals surface area contributed by atoms with E-state index < -0.39 is 0 Å². The third-order valence-electron chi connectivity index (χ3n) is 3.23. The zero-order chi connectivity index (χ0) is 11.6. The lowest BCUT2D eigenvalue weighted by molar-refractivity contribution is -0.149. The van der Waals surface area contributed by atoms with Crippen molar-refractivity contribution in [2.24, 2.45) is 5.41 Å². The monoisotopic (exact) mass is 218 g/mol. The molecule has 0 aliphatic heterocycles. The average molecular weight is 218 g/mol. The fourth-order valence-electron chi connectivity index (χ4n) is 1.98. The Hall–Kier alpha value is -1.31. The maximum atomic E-state index is 11.8. The highest BCUT2D eigenvalue weighted by Gasteiger charge is 2.50. The fourth-order valence-corrected chi connectivity index (χ4v) is 1.98. The van der Waals surface area contributed by atoms with Gasteiger partial charge in [0.25, 0.3) is 0 Å². The highest BCUT2D eigenvalue weighted by atomic mass is 16.5. The molecule has 0 unspecified atom stereocenters. The van der Waals surface area contributed by atoms with Gasteiger partial charge in [0, 0.05) is 0 Å². The molecular formula is C14H18O2. The van der Waals surface area contributed by atoms with E-state index in [1.54, 1.807) is 0 Å². The molecule has 0 radical (unpaired) electrons. The van der Waals surface area contributed by atoms with Crippen LogP contribution in [0.2, 0.25) is 0 Å². The zero-order valence-corrected chi connectivity index (χ0v) is 9.95. The molecule has 2 nitrogen and oxygen atoms in total. The van der Waals surface area contributed by atoms with Crippen LogP contribution in [0.15, 0.2) is 24.3 Å². The first kappa shape index (κ1) is 11.2. The van der Waals surface area contributed by atoms with Crippen LogP contribution in [-0.4, -0.2) is 12.6 Å². The van der Waals surface area contributed by atoms with Crippen molar-refractivity contribution in [2.75, 3.05) is 6.61 Å². The van der Waals surface area contributed by atoms with Crippen molar-refractivity contribution in [2.45, 2.75) is 33.1 Å². The standard InChI is InChI=1S/C14H18O2/c1-3-16-13(15)14(8-9-14)10-12-6-4-11(2)5-7-12/h4-7H,3,8-10H2,1-2H3. The van der Waals surface area contributed by atoms with Gasteiger partial charge in [0.2, 0.25) is 0 Å². The number of esters is 1. The van der Waals surface area contributed by atoms with Gasteiger partial charge < -0.3 is 4.74 Å². The smallest absolute Gasteiger partial charge is 0.312 e. The van der Waals surface area contributed by atoms with Crippen LogP contribution in [0.5, 0.6) is 0 Å². The third-order valence-corrected chi connectivity index (χ3v) is 3.23. The van der Waals surface area contributed by atoms with Gasteiger partial charge in [-0.15, -0.1) is 0 Å². The summed E-state index contributed by atoms with van der Waals surface area (Å²) in [5, 5.41) is 0. The molecule has 1 aromatic carbocycles. The third kappa shape index (κ3) is 2.26. The van der Waals surface area contributed by atoms with Crippen molar-refractivity contribution in [3.63, 3.8) is 0 Å². The van der Waals surface area contributed by atoms with E-state index in [1.165, 1.54) is 11.1 Å². The lowest BCUT2D eigenvalue weighted by Crippen LogP contribution is -2.21. The first-order valence-corrected chi connectivity index (χ1v) is 5.89. The number of ether oxygens (including phenoxy) is 1. The Morgan fingerprint density at radius 2 is 1.94 bits per heavy atom. The lowest BCUT2D eigenvalue weighted by Gasteiger charge is -2.13. The van der Waals surface area contributed by atoms with Crippen molar-refractivity contribution in [3.05, 3.63) is 35.4 Å². The van der Waals surface area contributed by atoms with Gasteiger partial charge in [-0.25, -0.2) is 0 Å². The first-order chi connectivity index (χ1) is 7.66. The molecule has 0 N–H and O–H groups in total. The van der Waals surface area contributed by atoms with E-state index >= 15 is 0 Å². The van der Waals surface area contributed by atoms with Crippen LogP contribution in [0.25, 0.3) is 0 Å². The number of rotatable bonds is 4. The van der Waals surface area contributed by atoms with Crippen LogP contribution in [0, 0.1) is 12.3 Å². The summed E-state index contributed by atoms with van der Waals surface area (Å²) in [6, 6.07) is 8.40. The Morgan fingerprint density at radius 1 is 1.31 bits per heavy atom. The molecule has 16 heavy (non-hydrogen) atoms. The Kier molecular flexibility index (Phi) is 2.99. The van der Waals surface area contributed by atoms with E-state index in [0.29, 0.717) is 6.61 Å². The molecule has 0 aromatic heterocycles. The first-order valence-electron chi connectivity index (χ1n) is 5.89. The molecule has 0 bridgehead atoms. The second-order valence-corrected chi connectivity index (χ2v) is 4.66. The average Bonchev–Trinajstić information content (AvgIpc) is 3.03. The summed E-state index contributed by atoms with van der Waals surface area (Å²) in [5.41, 5.74) is 2.28. The summed E-state index contributed by atoms with van der Waals surface area (Å²) in [5.74, 6) is -0.0180. The Labute approximate surface area is 96.6 Å². The zero-order valence-electron chi connectivity index (χ0n) is 9.95. The molecule has 1 aliphatic rings. The summed E-state index contributed by atoms with van der Waals surface area (Å²) >= 11 is 0. The summed E-state index contributed by atoms with van der Waals surface area (Å²) in [6.07, 6.45) is 2.77. The summed E-state index contributed by atoms with van der Waals surface area (Å²) in [4.78, 5) is 11.8. The highest BCUT2D eigenvalue weighted by Crippen LogP contribution is 2.49. The molecular weight excluding hydrogens is 200 g/mol. The number of carbonyl (C=O) groups excluding carboxylic acids is 1. The number of hydrogen-bond acceptors (Lipinski definition) is 2. The quantitative estimate of drug-likeness (QED) is 0.726. The molecule has 2 rings (SSSR count). The van der Waals surface area contributed by atoms with Gasteiger partial charge in [0.15, 0.2) is 0 Å². The van der Waals surface area contributed by atoms with E-state index in [-0.39, 0.29) is 11.4 Å². The number of aryl methyl sites for hydroxylation is 1. The van der Waals surface area contributed by atoms with Crippen molar-refractivity contribution in [1.29, 1.82) is 0 Å². The molecule has 2 heteroatoms. The van der Waals surface area contributed by atoms with Crippen LogP contribution in [-0.2, 0) is 16.0 Å². The van der Waals surface area contributed by atoms with Gasteiger partial charge in [-0.05, 0) is 38.7 Å². The minimum Gasteiger partial charge on any atom is -0.466 e. The molecule has 0 saturated heterocycles. The summed E-state index contributed by atoms with van der Waals surface area (Å²) < 4.78 is 5.13. The number of benzene rings is 1. The molecule has 0 spiro atoms. The van der Waals surface area contributed by atoms with Gasteiger partial charge in [0.05, 0.1) is 12.0 Å². The van der Waals surface area contributed by atoms with E-state index in [4.69, 9.17) is 4.74 Å². The second kappa shape index (κ2) is 4.28. The molecule has 1 aliphatic carbocycles. The summed E-state index contributed by atoms with van der Waals surface area (Å²) in [6.45, 7) is 4.41. The summed E-state index contributed by atoms with van der Waals surface area (Å²) in [7, 11) is 0. The molecule has 1 fully saturated rings. The maximum absolute atomic E-state index is 11.8. The Morgan fingerprint density at radius 3 is 2.44 bits per heavy atom. The minimum absolute atomic E-state index is 0.0180. The van der Waals surface area contributed by atoms with Gasteiger partial charge in [-0.3, -0.25) is 4.79 Å². The molecule has 86 valence electrons. The van der Waals surface area contributed by atoms with E-state index in [1.807, 2.05) is 6.92 Å². The highest BCUT2D eigenvalue weighted by molar-refractivity contribution is 5.80. The van der Waals surface area contributed by atoms with Crippen molar-refractivity contribution in [3.8, 4) is 0 Å². The van der Waals surface area contributed by atoms with Crippen molar-refractivity contribution >= 4 is 5.97 Å². The fraction of sp³-hybridized carbons (Fsp3) is 0.500. The Balaban J connectivity index is 2.04. The van der Waals surface area contributed by atoms with Crippen molar-refractivity contribution in [1.82, 2.24) is 0 Å². The Bertz CT molecular complexity index is 374. The van der Waals surface area contributed by atoms with Crippen LogP contribution < -0.4 is 0 Å². The normalized spacial score (nSPS) is 16.9. The predicted octanol–water partition coefficient (Wildman–Crippen LogP) is 2.88. The van der Waals surface area contributed by atoms with Gasteiger partial charge in [0.1, 0.15) is 0 Å². The number of hydrogen-bond donors (Lipinski definition) is 0. The second-order valence-electron chi connectivity index (χ2n) is 4.66. The van der Waals surface area contributed by atoms with E-state index in [0.717, 1.165) is 19.3 Å². The largest absolute Gasteiger partial charge is 0.466 e. The SMILES string of the molecule is CCOC(=O)C1(Cc2ccc(C)cc2)CC1. The molecule has 1 aromatic rings. The molecule has 1 saturated carbocycles. The van der Waals surface area contributed by atoms with Crippen LogP contribution >= 0.6 is 0 Å². The van der Waals surface area contributed by atoms with Gasteiger partial charge in [-0.1, -0.05) is 29.8 Å². The predicted molar refractivity (Wildman–Crippen MR) is 63.2 cm³/mol. The molecule has 0 heterocycles. The van der Waals surface area contributed by atoms with E-state index in [9.17, 15) is 4.79 Å². The molecule has 0 atom stereocenters.